The van der Waals surface area contributed by atoms with Gasteiger partial charge in [0.1, 0.15) is 23.1 Å². The largest absolute Gasteiger partial charge is 0.349 e. The molecule has 0 N–H and O–H groups in total. The topological polar surface area (TPSA) is 45.8 Å². The van der Waals surface area contributed by atoms with Crippen LogP contribution in [0.25, 0.3) is 5.65 Å². The Bertz CT molecular complexity index is 996. The van der Waals surface area contributed by atoms with Crippen molar-refractivity contribution in [2.75, 3.05) is 11.4 Å². The Morgan fingerprint density at radius 2 is 2.16 bits per heavy atom. The van der Waals surface area contributed by atoms with Crippen LogP contribution in [-0.4, -0.2) is 26.3 Å². The van der Waals surface area contributed by atoms with Crippen LogP contribution in [0.4, 0.5) is 20.3 Å². The van der Waals surface area contributed by atoms with Crippen molar-refractivity contribution >= 4 is 34.5 Å². The maximum absolute atomic E-state index is 14.2. The van der Waals surface area contributed by atoms with Gasteiger partial charge < -0.3 is 4.90 Å². The Morgan fingerprint density at radius 1 is 1.28 bits per heavy atom. The Labute approximate surface area is 147 Å². The van der Waals surface area contributed by atoms with Crippen molar-refractivity contribution in [3.05, 3.63) is 53.9 Å². The zero-order valence-electron chi connectivity index (χ0n) is 13.1. The summed E-state index contributed by atoms with van der Waals surface area (Å²) in [6.45, 7) is 0.712. The fourth-order valence-electron chi connectivity index (χ4n) is 3.27. The van der Waals surface area contributed by atoms with Gasteiger partial charge in [-0.2, -0.15) is 10.1 Å². The molecule has 4 rings (SSSR count). The maximum Gasteiger partial charge on any atom is 0.183 e. The van der Waals surface area contributed by atoms with Crippen LogP contribution in [0.3, 0.4) is 0 Å². The highest BCUT2D eigenvalue weighted by molar-refractivity contribution is 7.78. The molecule has 1 aliphatic heterocycles. The second-order valence-electron chi connectivity index (χ2n) is 5.80. The number of anilines is 1. The molecule has 3 heterocycles. The van der Waals surface area contributed by atoms with Gasteiger partial charge in [0.05, 0.1) is 17.4 Å². The van der Waals surface area contributed by atoms with E-state index in [1.54, 1.807) is 23.0 Å². The summed E-state index contributed by atoms with van der Waals surface area (Å²) in [6, 6.07) is 5.11. The molecule has 0 spiro atoms. The molecule has 1 aromatic carbocycles. The molecular formula is C17H13F2N5S. The minimum atomic E-state index is -0.444. The quantitative estimate of drug-likeness (QED) is 0.523. The first-order chi connectivity index (χ1) is 12.2. The van der Waals surface area contributed by atoms with Crippen molar-refractivity contribution in [3.63, 3.8) is 0 Å². The van der Waals surface area contributed by atoms with E-state index in [0.717, 1.165) is 18.9 Å². The summed E-state index contributed by atoms with van der Waals surface area (Å²) < 4.78 is 29.4. The summed E-state index contributed by atoms with van der Waals surface area (Å²) >= 11 is 4.64. The van der Waals surface area contributed by atoms with Crippen molar-refractivity contribution in [1.82, 2.24) is 14.6 Å². The van der Waals surface area contributed by atoms with Gasteiger partial charge in [0.2, 0.25) is 0 Å². The number of halogens is 2. The van der Waals surface area contributed by atoms with Crippen LogP contribution in [0.1, 0.15) is 24.4 Å². The van der Waals surface area contributed by atoms with Crippen molar-refractivity contribution in [1.29, 1.82) is 0 Å². The van der Waals surface area contributed by atoms with E-state index in [1.165, 1.54) is 12.1 Å². The number of nitrogens with zero attached hydrogens (tertiary/aromatic N) is 5. The highest BCUT2D eigenvalue weighted by atomic mass is 32.1. The predicted octanol–water partition coefficient (Wildman–Crippen LogP) is 4.08. The molecule has 1 aliphatic rings. The normalized spacial score (nSPS) is 17.0. The standard InChI is InChI=1S/C17H13F2N5S/c18-11-3-4-13(19)12(8-11)15-2-1-6-23(15)16-5-7-24-17(22-16)14(9-21-24)20-10-25/h3-5,7-9,15H,1-2,6H2/t15-/m1/s1. The molecule has 1 saturated heterocycles. The monoisotopic (exact) mass is 357 g/mol. The third-order valence-electron chi connectivity index (χ3n) is 4.37. The second kappa shape index (κ2) is 6.31. The van der Waals surface area contributed by atoms with Gasteiger partial charge in [-0.05, 0) is 49.3 Å². The lowest BCUT2D eigenvalue weighted by Gasteiger charge is -2.26. The Kier molecular flexibility index (Phi) is 3.99. The fourth-order valence-corrected chi connectivity index (χ4v) is 3.37. The van der Waals surface area contributed by atoms with E-state index in [0.29, 0.717) is 29.3 Å². The average molecular weight is 357 g/mol. The fraction of sp³-hybridized carbons (Fsp3) is 0.235. The van der Waals surface area contributed by atoms with Gasteiger partial charge in [0.25, 0.3) is 0 Å². The van der Waals surface area contributed by atoms with E-state index in [4.69, 9.17) is 0 Å². The first-order valence-electron chi connectivity index (χ1n) is 7.81. The molecule has 0 radical (unpaired) electrons. The van der Waals surface area contributed by atoms with E-state index in [1.807, 2.05) is 4.90 Å². The van der Waals surface area contributed by atoms with Crippen LogP contribution in [0.2, 0.25) is 0 Å². The molecule has 5 nitrogen and oxygen atoms in total. The van der Waals surface area contributed by atoms with Gasteiger partial charge in [-0.15, -0.1) is 0 Å². The van der Waals surface area contributed by atoms with Crippen molar-refractivity contribution in [2.45, 2.75) is 18.9 Å². The molecule has 0 saturated carbocycles. The van der Waals surface area contributed by atoms with E-state index in [-0.39, 0.29) is 6.04 Å². The third-order valence-corrected chi connectivity index (χ3v) is 4.46. The lowest BCUT2D eigenvalue weighted by molar-refractivity contribution is 0.560. The van der Waals surface area contributed by atoms with Gasteiger partial charge in [0, 0.05) is 18.3 Å². The zero-order chi connectivity index (χ0) is 17.4. The number of hydrogen-bond donors (Lipinski definition) is 0. The van der Waals surface area contributed by atoms with Crippen LogP contribution in [-0.2, 0) is 0 Å². The molecule has 0 amide bonds. The summed E-state index contributed by atoms with van der Waals surface area (Å²) in [4.78, 5) is 10.5. The Hall–Kier alpha value is -2.70. The Morgan fingerprint density at radius 3 is 3.00 bits per heavy atom. The summed E-state index contributed by atoms with van der Waals surface area (Å²) in [5, 5.41) is 6.46. The number of fused-ring (bicyclic) bond motifs is 1. The zero-order valence-corrected chi connectivity index (χ0v) is 13.9. The van der Waals surface area contributed by atoms with Gasteiger partial charge in [-0.25, -0.2) is 18.3 Å². The lowest BCUT2D eigenvalue weighted by atomic mass is 10.0. The molecule has 126 valence electrons. The van der Waals surface area contributed by atoms with Gasteiger partial charge >= 0.3 is 0 Å². The van der Waals surface area contributed by atoms with Crippen LogP contribution in [0, 0.1) is 11.6 Å². The molecule has 25 heavy (non-hydrogen) atoms. The second-order valence-corrected chi connectivity index (χ2v) is 5.99. The summed E-state index contributed by atoms with van der Waals surface area (Å²) in [5.74, 6) is -0.185. The van der Waals surface area contributed by atoms with E-state index in [9.17, 15) is 8.78 Å². The molecular weight excluding hydrogens is 344 g/mol. The van der Waals surface area contributed by atoms with Crippen LogP contribution < -0.4 is 4.90 Å². The van der Waals surface area contributed by atoms with Crippen molar-refractivity contribution in [3.8, 4) is 0 Å². The number of aliphatic imine (C=N–C) groups is 1. The SMILES string of the molecule is Fc1ccc(F)c([C@H]2CCCN2c2ccn3ncc(N=C=S)c3n2)c1. The minimum absolute atomic E-state index is 0.258. The number of aromatic nitrogens is 3. The number of thiocarbonyl (C=S) groups is 1. The number of isothiocyanates is 1. The van der Waals surface area contributed by atoms with Gasteiger partial charge in [-0.3, -0.25) is 0 Å². The summed E-state index contributed by atoms with van der Waals surface area (Å²) in [6.07, 6.45) is 4.92. The first-order valence-corrected chi connectivity index (χ1v) is 8.22. The van der Waals surface area contributed by atoms with E-state index in [2.05, 4.69) is 32.5 Å². The van der Waals surface area contributed by atoms with Crippen LogP contribution in [0.15, 0.2) is 41.7 Å². The smallest absolute Gasteiger partial charge is 0.183 e. The molecule has 0 unspecified atom stereocenters. The van der Waals surface area contributed by atoms with Crippen LogP contribution in [0.5, 0.6) is 0 Å². The highest BCUT2D eigenvalue weighted by Gasteiger charge is 2.29. The third kappa shape index (κ3) is 2.79. The molecule has 1 atom stereocenters. The summed E-state index contributed by atoms with van der Waals surface area (Å²) in [7, 11) is 0. The number of rotatable bonds is 3. The maximum atomic E-state index is 14.2. The summed E-state index contributed by atoms with van der Waals surface area (Å²) in [5.41, 5.74) is 1.41. The molecule has 0 aliphatic carbocycles. The molecule has 3 aromatic rings. The predicted molar refractivity (Wildman–Crippen MR) is 93.4 cm³/mol. The van der Waals surface area contributed by atoms with Crippen molar-refractivity contribution in [2.24, 2.45) is 4.99 Å². The number of hydrogen-bond acceptors (Lipinski definition) is 5. The van der Waals surface area contributed by atoms with Gasteiger partial charge in [0.15, 0.2) is 5.65 Å². The van der Waals surface area contributed by atoms with E-state index < -0.39 is 11.6 Å². The van der Waals surface area contributed by atoms with Crippen molar-refractivity contribution < 1.29 is 8.78 Å². The van der Waals surface area contributed by atoms with Crippen LogP contribution >= 0.6 is 12.2 Å². The van der Waals surface area contributed by atoms with Gasteiger partial charge in [-0.1, -0.05) is 0 Å². The Balaban J connectivity index is 1.77. The minimum Gasteiger partial charge on any atom is -0.349 e. The molecule has 1 fully saturated rings. The molecule has 2 aromatic heterocycles. The average Bonchev–Trinajstić information content (AvgIpc) is 3.24. The first kappa shape index (κ1) is 15.8. The highest BCUT2D eigenvalue weighted by Crippen LogP contribution is 2.37. The number of benzene rings is 1. The molecule has 0 bridgehead atoms. The van der Waals surface area contributed by atoms with E-state index >= 15 is 0 Å². The molecule has 8 heteroatoms. The lowest BCUT2D eigenvalue weighted by Crippen LogP contribution is -2.24.